The fourth-order valence-electron chi connectivity index (χ4n) is 2.05. The molecule has 3 rings (SSSR count). The average Bonchev–Trinajstić information content (AvgIpc) is 2.89. The van der Waals surface area contributed by atoms with Crippen LogP contribution in [0, 0.1) is 0 Å². The highest BCUT2D eigenvalue weighted by Gasteiger charge is 2.10. The fourth-order valence-corrected chi connectivity index (χ4v) is 2.37. The second kappa shape index (κ2) is 4.65. The maximum atomic E-state index is 5.94. The van der Waals surface area contributed by atoms with E-state index in [0.29, 0.717) is 12.5 Å². The highest BCUT2D eigenvalue weighted by molar-refractivity contribution is 9.10. The van der Waals surface area contributed by atoms with Crippen LogP contribution in [-0.4, -0.2) is 24.3 Å². The Bertz CT molecular complexity index is 729. The van der Waals surface area contributed by atoms with Crippen molar-refractivity contribution in [3.8, 4) is 0 Å². The first kappa shape index (κ1) is 12.2. The van der Waals surface area contributed by atoms with E-state index in [4.69, 9.17) is 5.73 Å². The van der Waals surface area contributed by atoms with Crippen molar-refractivity contribution in [1.82, 2.24) is 24.3 Å². The van der Waals surface area contributed by atoms with Crippen molar-refractivity contribution in [1.29, 1.82) is 0 Å². The predicted octanol–water partition coefficient (Wildman–Crippen LogP) is 1.75. The number of fused-ring (bicyclic) bond motifs is 1. The van der Waals surface area contributed by atoms with E-state index in [1.165, 1.54) is 0 Å². The van der Waals surface area contributed by atoms with Gasteiger partial charge in [-0.15, -0.1) is 0 Å². The van der Waals surface area contributed by atoms with E-state index in [1.54, 1.807) is 10.9 Å². The molecular formula is C12H13BrN6. The Balaban J connectivity index is 1.90. The number of nitrogens with two attached hydrogens (primary N) is 1. The Labute approximate surface area is 118 Å². The number of hydrogen-bond donors (Lipinski definition) is 1. The van der Waals surface area contributed by atoms with E-state index >= 15 is 0 Å². The van der Waals surface area contributed by atoms with Crippen molar-refractivity contribution in [3.05, 3.63) is 34.7 Å². The summed E-state index contributed by atoms with van der Waals surface area (Å²) < 4.78 is 4.60. The largest absolute Gasteiger partial charge is 0.369 e. The van der Waals surface area contributed by atoms with Crippen LogP contribution in [0.2, 0.25) is 0 Å². The summed E-state index contributed by atoms with van der Waals surface area (Å²) in [5.74, 6) is 0.483. The van der Waals surface area contributed by atoms with E-state index in [1.807, 2.05) is 29.9 Å². The molecule has 0 aliphatic rings. The van der Waals surface area contributed by atoms with Crippen molar-refractivity contribution in [3.63, 3.8) is 0 Å². The van der Waals surface area contributed by atoms with Gasteiger partial charge in [0.25, 0.3) is 0 Å². The van der Waals surface area contributed by atoms with Crippen LogP contribution in [0.25, 0.3) is 11.2 Å². The molecule has 0 saturated heterocycles. The molecule has 0 saturated carbocycles. The van der Waals surface area contributed by atoms with Gasteiger partial charge in [-0.25, -0.2) is 9.97 Å². The van der Waals surface area contributed by atoms with Gasteiger partial charge in [-0.1, -0.05) is 0 Å². The maximum absolute atomic E-state index is 5.94. The first-order valence-electron chi connectivity index (χ1n) is 5.89. The Kier molecular flexibility index (Phi) is 2.98. The van der Waals surface area contributed by atoms with E-state index in [9.17, 15) is 0 Å². The van der Waals surface area contributed by atoms with E-state index < -0.39 is 0 Å². The monoisotopic (exact) mass is 320 g/mol. The predicted molar refractivity (Wildman–Crippen MR) is 76.6 cm³/mol. The molecule has 6 nitrogen and oxygen atoms in total. The van der Waals surface area contributed by atoms with Crippen LogP contribution in [-0.2, 0) is 20.0 Å². The third kappa shape index (κ3) is 2.33. The molecule has 98 valence electrons. The minimum atomic E-state index is 0.483. The summed E-state index contributed by atoms with van der Waals surface area (Å²) in [5.41, 5.74) is 8.57. The first-order valence-corrected chi connectivity index (χ1v) is 6.68. The third-order valence-corrected chi connectivity index (χ3v) is 3.38. The summed E-state index contributed by atoms with van der Waals surface area (Å²) in [5, 5.41) is 4.35. The molecule has 0 fully saturated rings. The molecule has 0 aromatic carbocycles. The lowest BCUT2D eigenvalue weighted by Crippen LogP contribution is -2.07. The van der Waals surface area contributed by atoms with Gasteiger partial charge in [0.1, 0.15) is 5.52 Å². The molecule has 0 aliphatic heterocycles. The van der Waals surface area contributed by atoms with E-state index in [-0.39, 0.29) is 0 Å². The quantitative estimate of drug-likeness (QED) is 0.797. The zero-order valence-corrected chi connectivity index (χ0v) is 12.0. The Morgan fingerprint density at radius 1 is 1.42 bits per heavy atom. The van der Waals surface area contributed by atoms with Crippen LogP contribution in [0.1, 0.15) is 5.69 Å². The molecule has 2 N–H and O–H groups in total. The van der Waals surface area contributed by atoms with Gasteiger partial charge in [-0.2, -0.15) is 5.10 Å². The van der Waals surface area contributed by atoms with E-state index in [0.717, 1.165) is 27.8 Å². The van der Waals surface area contributed by atoms with E-state index in [2.05, 4.69) is 31.0 Å². The number of rotatable bonds is 3. The van der Waals surface area contributed by atoms with Gasteiger partial charge in [-0.05, 0) is 28.1 Å². The van der Waals surface area contributed by atoms with Gasteiger partial charge < -0.3 is 5.73 Å². The SMILES string of the molecule is Cn1ccc(CCn2c(N)nc3cc(Br)cnc32)n1. The summed E-state index contributed by atoms with van der Waals surface area (Å²) in [6, 6.07) is 3.91. The fraction of sp³-hybridized carbons (Fsp3) is 0.250. The van der Waals surface area contributed by atoms with Crippen molar-refractivity contribution >= 4 is 33.0 Å². The Morgan fingerprint density at radius 2 is 2.26 bits per heavy atom. The second-order valence-electron chi connectivity index (χ2n) is 4.35. The van der Waals surface area contributed by atoms with Crippen molar-refractivity contribution in [2.24, 2.45) is 7.05 Å². The molecule has 0 aliphatic carbocycles. The maximum Gasteiger partial charge on any atom is 0.202 e. The third-order valence-electron chi connectivity index (χ3n) is 2.94. The number of pyridine rings is 1. The summed E-state index contributed by atoms with van der Waals surface area (Å²) >= 11 is 3.38. The van der Waals surface area contributed by atoms with Gasteiger partial charge >= 0.3 is 0 Å². The highest BCUT2D eigenvalue weighted by Crippen LogP contribution is 2.19. The molecular weight excluding hydrogens is 308 g/mol. The van der Waals surface area contributed by atoms with Crippen LogP contribution < -0.4 is 5.73 Å². The minimum absolute atomic E-state index is 0.483. The zero-order chi connectivity index (χ0) is 13.4. The Morgan fingerprint density at radius 3 is 3.00 bits per heavy atom. The van der Waals surface area contributed by atoms with Crippen molar-refractivity contribution < 1.29 is 0 Å². The molecule has 0 radical (unpaired) electrons. The number of aryl methyl sites for hydroxylation is 3. The average molecular weight is 321 g/mol. The topological polar surface area (TPSA) is 74.5 Å². The molecule has 3 heterocycles. The molecule has 3 aromatic heterocycles. The highest BCUT2D eigenvalue weighted by atomic mass is 79.9. The summed E-state index contributed by atoms with van der Waals surface area (Å²) in [6.45, 7) is 0.716. The molecule has 0 unspecified atom stereocenters. The number of nitrogen functional groups attached to an aromatic ring is 1. The normalized spacial score (nSPS) is 11.3. The minimum Gasteiger partial charge on any atom is -0.369 e. The van der Waals surface area contributed by atoms with Crippen molar-refractivity contribution in [2.75, 3.05) is 5.73 Å². The molecule has 0 amide bonds. The number of imidazole rings is 1. The first-order chi connectivity index (χ1) is 9.13. The number of aromatic nitrogens is 5. The molecule has 0 spiro atoms. The molecule has 0 bridgehead atoms. The van der Waals surface area contributed by atoms with Crippen LogP contribution >= 0.6 is 15.9 Å². The van der Waals surface area contributed by atoms with Crippen LogP contribution in [0.3, 0.4) is 0 Å². The van der Waals surface area contributed by atoms with Gasteiger partial charge in [0.05, 0.1) is 5.69 Å². The molecule has 19 heavy (non-hydrogen) atoms. The molecule has 3 aromatic rings. The van der Waals surface area contributed by atoms with Gasteiger partial charge in [0.15, 0.2) is 5.65 Å². The number of halogens is 1. The molecule has 0 atom stereocenters. The Hall–Kier alpha value is -1.89. The lowest BCUT2D eigenvalue weighted by Gasteiger charge is -2.04. The smallest absolute Gasteiger partial charge is 0.202 e. The number of nitrogens with zero attached hydrogens (tertiary/aromatic N) is 5. The van der Waals surface area contributed by atoms with Crippen LogP contribution in [0.15, 0.2) is 29.0 Å². The van der Waals surface area contributed by atoms with Crippen LogP contribution in [0.4, 0.5) is 5.95 Å². The van der Waals surface area contributed by atoms with Gasteiger partial charge in [0, 0.05) is 36.9 Å². The van der Waals surface area contributed by atoms with Crippen molar-refractivity contribution in [2.45, 2.75) is 13.0 Å². The standard InChI is InChI=1S/C12H13BrN6/c1-18-4-2-9(17-18)3-5-19-11-10(16-12(19)14)6-8(13)7-15-11/h2,4,6-7H,3,5H2,1H3,(H2,14,16). The summed E-state index contributed by atoms with van der Waals surface area (Å²) in [4.78, 5) is 8.68. The summed E-state index contributed by atoms with van der Waals surface area (Å²) in [6.07, 6.45) is 4.48. The number of hydrogen-bond acceptors (Lipinski definition) is 4. The lowest BCUT2D eigenvalue weighted by molar-refractivity contribution is 0.679. The molecule has 7 heteroatoms. The lowest BCUT2D eigenvalue weighted by atomic mass is 10.3. The zero-order valence-electron chi connectivity index (χ0n) is 10.4. The summed E-state index contributed by atoms with van der Waals surface area (Å²) in [7, 11) is 1.91. The van der Waals surface area contributed by atoms with Crippen LogP contribution in [0.5, 0.6) is 0 Å². The van der Waals surface area contributed by atoms with Gasteiger partial charge in [-0.3, -0.25) is 9.25 Å². The van der Waals surface area contributed by atoms with Gasteiger partial charge in [0.2, 0.25) is 5.95 Å². The second-order valence-corrected chi connectivity index (χ2v) is 5.26. The number of anilines is 1.